The maximum atomic E-state index is 11.5. The molecule has 1 N–H and O–H groups in total. The summed E-state index contributed by atoms with van der Waals surface area (Å²) in [5.74, 6) is -0.139. The summed E-state index contributed by atoms with van der Waals surface area (Å²) < 4.78 is 4.78. The maximum absolute atomic E-state index is 11.5. The third-order valence-corrected chi connectivity index (χ3v) is 2.92. The summed E-state index contributed by atoms with van der Waals surface area (Å²) in [6.07, 6.45) is 6.65. The number of nitrogens with one attached hydrogen (secondary N) is 1. The first-order chi connectivity index (χ1) is 7.81. The van der Waals surface area contributed by atoms with Crippen molar-refractivity contribution in [2.45, 2.75) is 18.9 Å². The van der Waals surface area contributed by atoms with Gasteiger partial charge in [-0.1, -0.05) is 0 Å². The predicted molar refractivity (Wildman–Crippen MR) is 57.5 cm³/mol. The standard InChI is InChI=1S/C11H15N3O2/c1-16-11(15)8-2-3-14-10(4-8)9-5-12-7-13-6-9/h5-8,10,14H,2-4H2,1H3. The number of carbonyl (C=O) groups is 1. The third kappa shape index (κ3) is 2.36. The first-order valence-corrected chi connectivity index (χ1v) is 5.37. The molecule has 86 valence electrons. The quantitative estimate of drug-likeness (QED) is 0.744. The average Bonchev–Trinajstić information content (AvgIpc) is 2.39. The lowest BCUT2D eigenvalue weighted by atomic mass is 9.90. The van der Waals surface area contributed by atoms with Crippen LogP contribution in [-0.4, -0.2) is 29.6 Å². The highest BCUT2D eigenvalue weighted by atomic mass is 16.5. The molecule has 2 unspecified atom stereocenters. The van der Waals surface area contributed by atoms with Crippen molar-refractivity contribution in [1.82, 2.24) is 15.3 Å². The first-order valence-electron chi connectivity index (χ1n) is 5.37. The molecule has 5 nitrogen and oxygen atoms in total. The summed E-state index contributed by atoms with van der Waals surface area (Å²) in [5, 5.41) is 3.36. The van der Waals surface area contributed by atoms with Crippen molar-refractivity contribution < 1.29 is 9.53 Å². The highest BCUT2D eigenvalue weighted by Gasteiger charge is 2.28. The third-order valence-electron chi connectivity index (χ3n) is 2.92. The number of hydrogen-bond acceptors (Lipinski definition) is 5. The molecule has 0 aliphatic carbocycles. The van der Waals surface area contributed by atoms with Gasteiger partial charge < -0.3 is 10.1 Å². The van der Waals surface area contributed by atoms with E-state index in [0.717, 1.165) is 24.9 Å². The van der Waals surface area contributed by atoms with E-state index in [1.807, 2.05) is 0 Å². The minimum atomic E-state index is -0.122. The van der Waals surface area contributed by atoms with Gasteiger partial charge in [-0.05, 0) is 19.4 Å². The van der Waals surface area contributed by atoms with Crippen LogP contribution >= 0.6 is 0 Å². The summed E-state index contributed by atoms with van der Waals surface area (Å²) in [5.41, 5.74) is 1.02. The maximum Gasteiger partial charge on any atom is 0.308 e. The Morgan fingerprint density at radius 2 is 2.25 bits per heavy atom. The van der Waals surface area contributed by atoms with Gasteiger partial charge in [-0.25, -0.2) is 9.97 Å². The van der Waals surface area contributed by atoms with Gasteiger partial charge in [0.2, 0.25) is 0 Å². The van der Waals surface area contributed by atoms with Crippen LogP contribution < -0.4 is 5.32 Å². The van der Waals surface area contributed by atoms with Crippen LogP contribution in [0.5, 0.6) is 0 Å². The summed E-state index contributed by atoms with van der Waals surface area (Å²) in [7, 11) is 1.44. The van der Waals surface area contributed by atoms with Gasteiger partial charge in [-0.2, -0.15) is 0 Å². The fourth-order valence-corrected chi connectivity index (χ4v) is 2.04. The van der Waals surface area contributed by atoms with Gasteiger partial charge in [-0.3, -0.25) is 4.79 Å². The number of rotatable bonds is 2. The second-order valence-corrected chi connectivity index (χ2v) is 3.92. The molecule has 0 amide bonds. The second-order valence-electron chi connectivity index (χ2n) is 3.92. The molecular weight excluding hydrogens is 206 g/mol. The summed E-state index contributed by atoms with van der Waals surface area (Å²) in [4.78, 5) is 19.4. The van der Waals surface area contributed by atoms with Crippen LogP contribution in [0.1, 0.15) is 24.4 Å². The molecule has 1 fully saturated rings. The van der Waals surface area contributed by atoms with Gasteiger partial charge in [0.05, 0.1) is 13.0 Å². The number of aromatic nitrogens is 2. The minimum Gasteiger partial charge on any atom is -0.469 e. The minimum absolute atomic E-state index is 0.0172. The topological polar surface area (TPSA) is 64.1 Å². The zero-order valence-corrected chi connectivity index (χ0v) is 9.22. The van der Waals surface area contributed by atoms with E-state index in [1.54, 1.807) is 12.4 Å². The van der Waals surface area contributed by atoms with Crippen molar-refractivity contribution in [3.05, 3.63) is 24.3 Å². The van der Waals surface area contributed by atoms with Crippen molar-refractivity contribution in [1.29, 1.82) is 0 Å². The van der Waals surface area contributed by atoms with E-state index in [1.165, 1.54) is 13.4 Å². The van der Waals surface area contributed by atoms with Gasteiger partial charge in [0, 0.05) is 24.0 Å². The number of ether oxygens (including phenoxy) is 1. The summed E-state index contributed by atoms with van der Waals surface area (Å²) in [6.45, 7) is 0.819. The van der Waals surface area contributed by atoms with E-state index in [2.05, 4.69) is 15.3 Å². The number of esters is 1. The molecule has 1 aromatic heterocycles. The second kappa shape index (κ2) is 5.03. The van der Waals surface area contributed by atoms with E-state index in [4.69, 9.17) is 4.74 Å². The van der Waals surface area contributed by atoms with Crippen molar-refractivity contribution >= 4 is 5.97 Å². The van der Waals surface area contributed by atoms with E-state index in [0.29, 0.717) is 0 Å². The number of nitrogens with zero attached hydrogens (tertiary/aromatic N) is 2. The Hall–Kier alpha value is -1.49. The Balaban J connectivity index is 2.05. The smallest absolute Gasteiger partial charge is 0.308 e. The molecule has 1 aliphatic heterocycles. The number of methoxy groups -OCH3 is 1. The van der Waals surface area contributed by atoms with Crippen molar-refractivity contribution in [2.75, 3.05) is 13.7 Å². The summed E-state index contributed by atoms with van der Waals surface area (Å²) in [6, 6.07) is 0.152. The number of carbonyl (C=O) groups excluding carboxylic acids is 1. The van der Waals surface area contributed by atoms with Crippen LogP contribution in [-0.2, 0) is 9.53 Å². The molecule has 16 heavy (non-hydrogen) atoms. The number of hydrogen-bond donors (Lipinski definition) is 1. The van der Waals surface area contributed by atoms with E-state index < -0.39 is 0 Å². The lowest BCUT2D eigenvalue weighted by molar-refractivity contribution is -0.146. The fourth-order valence-electron chi connectivity index (χ4n) is 2.04. The van der Waals surface area contributed by atoms with E-state index >= 15 is 0 Å². The van der Waals surface area contributed by atoms with Crippen LogP contribution in [0.3, 0.4) is 0 Å². The molecule has 1 aromatic rings. The van der Waals surface area contributed by atoms with E-state index in [9.17, 15) is 4.79 Å². The Labute approximate surface area is 94.2 Å². The summed E-state index contributed by atoms with van der Waals surface area (Å²) >= 11 is 0. The monoisotopic (exact) mass is 221 g/mol. The molecule has 2 rings (SSSR count). The van der Waals surface area contributed by atoms with E-state index in [-0.39, 0.29) is 17.9 Å². The lowest BCUT2D eigenvalue weighted by Gasteiger charge is -2.28. The zero-order valence-electron chi connectivity index (χ0n) is 9.22. The Morgan fingerprint density at radius 3 is 2.94 bits per heavy atom. The van der Waals surface area contributed by atoms with Gasteiger partial charge in [0.1, 0.15) is 6.33 Å². The Morgan fingerprint density at radius 1 is 1.50 bits per heavy atom. The van der Waals surface area contributed by atoms with Crippen molar-refractivity contribution in [2.24, 2.45) is 5.92 Å². The Bertz CT molecular complexity index is 356. The zero-order chi connectivity index (χ0) is 11.4. The number of piperidine rings is 1. The Kier molecular flexibility index (Phi) is 3.46. The highest BCUT2D eigenvalue weighted by molar-refractivity contribution is 5.72. The highest BCUT2D eigenvalue weighted by Crippen LogP contribution is 2.26. The molecule has 1 aliphatic rings. The van der Waals surface area contributed by atoms with Gasteiger partial charge in [0.25, 0.3) is 0 Å². The van der Waals surface area contributed by atoms with Gasteiger partial charge >= 0.3 is 5.97 Å². The SMILES string of the molecule is COC(=O)C1CCNC(c2cncnc2)C1. The van der Waals surface area contributed by atoms with Crippen molar-refractivity contribution in [3.63, 3.8) is 0 Å². The predicted octanol–water partition coefficient (Wildman–Crippen LogP) is 0.690. The van der Waals surface area contributed by atoms with Crippen LogP contribution in [0, 0.1) is 5.92 Å². The van der Waals surface area contributed by atoms with Crippen LogP contribution in [0.15, 0.2) is 18.7 Å². The average molecular weight is 221 g/mol. The van der Waals surface area contributed by atoms with Gasteiger partial charge in [-0.15, -0.1) is 0 Å². The molecule has 0 spiro atoms. The van der Waals surface area contributed by atoms with Crippen LogP contribution in [0.2, 0.25) is 0 Å². The first kappa shape index (κ1) is 11.0. The lowest BCUT2D eigenvalue weighted by Crippen LogP contribution is -2.35. The molecule has 0 radical (unpaired) electrons. The molecule has 0 saturated carbocycles. The molecule has 5 heteroatoms. The van der Waals surface area contributed by atoms with Crippen LogP contribution in [0.4, 0.5) is 0 Å². The van der Waals surface area contributed by atoms with Crippen LogP contribution in [0.25, 0.3) is 0 Å². The molecule has 2 atom stereocenters. The largest absolute Gasteiger partial charge is 0.469 e. The molecule has 0 bridgehead atoms. The van der Waals surface area contributed by atoms with Crippen molar-refractivity contribution in [3.8, 4) is 0 Å². The van der Waals surface area contributed by atoms with Gasteiger partial charge in [0.15, 0.2) is 0 Å². The fraction of sp³-hybridized carbons (Fsp3) is 0.545. The molecule has 1 saturated heterocycles. The molecule has 2 heterocycles. The molecule has 0 aromatic carbocycles. The molecular formula is C11H15N3O2. The normalized spacial score (nSPS) is 25.1.